The molecule has 10 heteroatoms. The molecule has 0 heterocycles. The van der Waals surface area contributed by atoms with Gasteiger partial charge in [-0.1, -0.05) is 54.1 Å². The normalized spacial score (nSPS) is 11.9. The Kier molecular flexibility index (Phi) is 9.92. The van der Waals surface area contributed by atoms with Gasteiger partial charge in [-0.3, -0.25) is 13.9 Å². The number of nitrogens with zero attached hydrogens (tertiary/aromatic N) is 2. The van der Waals surface area contributed by atoms with Gasteiger partial charge in [-0.25, -0.2) is 8.42 Å². The van der Waals surface area contributed by atoms with Crippen LogP contribution in [-0.2, 0) is 35.6 Å². The van der Waals surface area contributed by atoms with E-state index in [0.717, 1.165) is 26.5 Å². The minimum absolute atomic E-state index is 0.00180. The Bertz CT molecular complexity index is 1690. The second-order valence-electron chi connectivity index (χ2n) is 10.2. The molecule has 1 atom stereocenters. The van der Waals surface area contributed by atoms with Crippen molar-refractivity contribution in [3.63, 3.8) is 0 Å². The topological polar surface area (TPSA) is 102 Å². The van der Waals surface area contributed by atoms with Crippen molar-refractivity contribution in [3.8, 4) is 5.75 Å². The molecule has 0 N–H and O–H groups in total. The summed E-state index contributed by atoms with van der Waals surface area (Å²) in [5.41, 5.74) is 3.30. The van der Waals surface area contributed by atoms with E-state index in [4.69, 9.17) is 14.2 Å². The molecule has 0 radical (unpaired) electrons. The fraction of sp³-hybridized carbons (Fsp3) is 0.273. The van der Waals surface area contributed by atoms with E-state index in [1.807, 2.05) is 68.4 Å². The molecule has 0 fully saturated rings. The molecular formula is C33H36N2O7S. The van der Waals surface area contributed by atoms with Crippen LogP contribution >= 0.6 is 0 Å². The van der Waals surface area contributed by atoms with Crippen LogP contribution in [0.2, 0.25) is 0 Å². The van der Waals surface area contributed by atoms with Crippen LogP contribution in [0.1, 0.15) is 24.5 Å². The number of ether oxygens (including phenoxy) is 3. The summed E-state index contributed by atoms with van der Waals surface area (Å²) in [5.74, 6) is -0.543. The first-order valence-electron chi connectivity index (χ1n) is 13.7. The highest BCUT2D eigenvalue weighted by Gasteiger charge is 2.30. The summed E-state index contributed by atoms with van der Waals surface area (Å²) >= 11 is 0. The largest absolute Gasteiger partial charge is 0.497 e. The zero-order chi connectivity index (χ0) is 31.1. The molecular weight excluding hydrogens is 568 g/mol. The van der Waals surface area contributed by atoms with Crippen LogP contribution < -0.4 is 13.9 Å². The van der Waals surface area contributed by atoms with Crippen molar-refractivity contribution >= 4 is 44.1 Å². The number of sulfonamides is 1. The lowest BCUT2D eigenvalue weighted by molar-refractivity contribution is -0.141. The molecule has 0 bridgehead atoms. The zero-order valence-electron chi connectivity index (χ0n) is 24.9. The number of benzene rings is 4. The van der Waals surface area contributed by atoms with Crippen molar-refractivity contribution in [2.45, 2.75) is 37.8 Å². The predicted octanol–water partition coefficient (Wildman–Crippen LogP) is 5.48. The van der Waals surface area contributed by atoms with E-state index < -0.39 is 22.5 Å². The number of hydrogen-bond donors (Lipinski definition) is 0. The van der Waals surface area contributed by atoms with Gasteiger partial charge in [0.2, 0.25) is 0 Å². The summed E-state index contributed by atoms with van der Waals surface area (Å²) in [5, 5.41) is 1.36. The second kappa shape index (κ2) is 13.6. The van der Waals surface area contributed by atoms with Crippen LogP contribution in [0.4, 0.5) is 11.4 Å². The SMILES string of the molecule is COC(=O)C[C@H](C)N(Cc1ccc(C)cc1)c1ccc(N(CC(=O)OC)S(=O)(=O)c2ccc(OC)cc2)c2ccccc12. The molecule has 43 heavy (non-hydrogen) atoms. The highest BCUT2D eigenvalue weighted by molar-refractivity contribution is 7.92. The van der Waals surface area contributed by atoms with Crippen molar-refractivity contribution in [2.24, 2.45) is 0 Å². The van der Waals surface area contributed by atoms with Crippen LogP contribution in [0, 0.1) is 6.92 Å². The number of hydrogen-bond acceptors (Lipinski definition) is 8. The average Bonchev–Trinajstić information content (AvgIpc) is 3.02. The minimum Gasteiger partial charge on any atom is -0.497 e. The first kappa shape index (κ1) is 31.4. The van der Waals surface area contributed by atoms with Crippen molar-refractivity contribution in [3.05, 3.63) is 96.1 Å². The van der Waals surface area contributed by atoms with Crippen molar-refractivity contribution in [2.75, 3.05) is 37.1 Å². The van der Waals surface area contributed by atoms with E-state index >= 15 is 0 Å². The number of carbonyl (C=O) groups is 2. The van der Waals surface area contributed by atoms with E-state index in [2.05, 4.69) is 4.90 Å². The Morgan fingerprint density at radius 3 is 1.93 bits per heavy atom. The molecule has 4 aromatic rings. The van der Waals surface area contributed by atoms with E-state index in [-0.39, 0.29) is 23.3 Å². The number of anilines is 2. The molecule has 0 unspecified atom stereocenters. The van der Waals surface area contributed by atoms with Gasteiger partial charge in [-0.2, -0.15) is 0 Å². The second-order valence-corrected chi connectivity index (χ2v) is 12.0. The average molecular weight is 605 g/mol. The molecule has 226 valence electrons. The van der Waals surface area contributed by atoms with Crippen molar-refractivity contribution in [1.82, 2.24) is 0 Å². The number of esters is 2. The molecule has 0 aliphatic heterocycles. The third-order valence-electron chi connectivity index (χ3n) is 7.30. The molecule has 0 amide bonds. The first-order chi connectivity index (χ1) is 20.6. The number of fused-ring (bicyclic) bond motifs is 1. The maximum absolute atomic E-state index is 14.0. The van der Waals surface area contributed by atoms with Crippen LogP contribution in [0.15, 0.2) is 89.8 Å². The lowest BCUT2D eigenvalue weighted by Gasteiger charge is -2.33. The summed E-state index contributed by atoms with van der Waals surface area (Å²) in [7, 11) is -0.121. The Hall–Kier alpha value is -4.57. The molecule has 0 saturated carbocycles. The summed E-state index contributed by atoms with van der Waals surface area (Å²) in [6.07, 6.45) is 0.152. The third-order valence-corrected chi connectivity index (χ3v) is 9.07. The van der Waals surface area contributed by atoms with E-state index in [1.165, 1.54) is 33.5 Å². The van der Waals surface area contributed by atoms with Crippen LogP contribution in [-0.4, -0.2) is 54.3 Å². The van der Waals surface area contributed by atoms with Crippen molar-refractivity contribution in [1.29, 1.82) is 0 Å². The standard InChI is InChI=1S/C33H36N2O7S/c1-23-10-12-25(13-11-23)21-34(24(2)20-32(36)41-4)30-18-19-31(29-9-7-6-8-28(29)30)35(22-33(37)42-5)43(38,39)27-16-14-26(40-3)15-17-27/h6-19,24H,20-22H2,1-5H3/t24-/m0/s1. The zero-order valence-corrected chi connectivity index (χ0v) is 25.8. The summed E-state index contributed by atoms with van der Waals surface area (Å²) < 4.78 is 44.1. The fourth-order valence-electron chi connectivity index (χ4n) is 4.89. The Morgan fingerprint density at radius 2 is 1.35 bits per heavy atom. The Morgan fingerprint density at radius 1 is 0.767 bits per heavy atom. The monoisotopic (exact) mass is 604 g/mol. The predicted molar refractivity (Wildman–Crippen MR) is 167 cm³/mol. The molecule has 4 aromatic carbocycles. The van der Waals surface area contributed by atoms with E-state index in [9.17, 15) is 18.0 Å². The molecule has 0 aromatic heterocycles. The van der Waals surface area contributed by atoms with Crippen LogP contribution in [0.5, 0.6) is 5.75 Å². The molecule has 0 spiro atoms. The van der Waals surface area contributed by atoms with Gasteiger partial charge in [-0.05, 0) is 55.8 Å². The van der Waals surface area contributed by atoms with E-state index in [0.29, 0.717) is 23.4 Å². The van der Waals surface area contributed by atoms with Gasteiger partial charge in [-0.15, -0.1) is 0 Å². The molecule has 0 aliphatic rings. The molecule has 9 nitrogen and oxygen atoms in total. The molecule has 0 aliphatic carbocycles. The number of methoxy groups -OCH3 is 3. The smallest absolute Gasteiger partial charge is 0.326 e. The Labute approximate surface area is 252 Å². The fourth-order valence-corrected chi connectivity index (χ4v) is 6.32. The van der Waals surface area contributed by atoms with Gasteiger partial charge in [0.1, 0.15) is 12.3 Å². The lowest BCUT2D eigenvalue weighted by atomic mass is 10.0. The van der Waals surface area contributed by atoms with Gasteiger partial charge in [0.15, 0.2) is 0 Å². The van der Waals surface area contributed by atoms with Crippen LogP contribution in [0.25, 0.3) is 10.8 Å². The summed E-state index contributed by atoms with van der Waals surface area (Å²) in [4.78, 5) is 26.9. The van der Waals surface area contributed by atoms with Crippen molar-refractivity contribution < 1.29 is 32.2 Å². The van der Waals surface area contributed by atoms with Gasteiger partial charge in [0, 0.05) is 29.0 Å². The Balaban J connectivity index is 1.88. The molecule has 0 saturated heterocycles. The number of aryl methyl sites for hydroxylation is 1. The maximum atomic E-state index is 14.0. The van der Waals surface area contributed by atoms with Gasteiger partial charge < -0.3 is 19.1 Å². The highest BCUT2D eigenvalue weighted by atomic mass is 32.2. The highest BCUT2D eigenvalue weighted by Crippen LogP contribution is 2.38. The van der Waals surface area contributed by atoms with Gasteiger partial charge in [0.05, 0.1) is 38.3 Å². The van der Waals surface area contributed by atoms with Gasteiger partial charge >= 0.3 is 11.9 Å². The van der Waals surface area contributed by atoms with Gasteiger partial charge in [0.25, 0.3) is 10.0 Å². The third kappa shape index (κ3) is 7.09. The minimum atomic E-state index is -4.19. The van der Waals surface area contributed by atoms with Crippen LogP contribution in [0.3, 0.4) is 0 Å². The quantitative estimate of drug-likeness (QED) is 0.196. The number of carbonyl (C=O) groups excluding carboxylic acids is 2. The molecule has 4 rings (SSSR count). The summed E-state index contributed by atoms with van der Waals surface area (Å²) in [6, 6.07) is 24.8. The maximum Gasteiger partial charge on any atom is 0.326 e. The lowest BCUT2D eigenvalue weighted by Crippen LogP contribution is -2.37. The summed E-state index contributed by atoms with van der Waals surface area (Å²) in [6.45, 7) is 3.94. The van der Waals surface area contributed by atoms with E-state index in [1.54, 1.807) is 18.2 Å². The first-order valence-corrected chi connectivity index (χ1v) is 15.2. The number of rotatable bonds is 12.